The maximum absolute atomic E-state index is 13.6. The molecule has 0 radical (unpaired) electrons. The first-order valence-electron chi connectivity index (χ1n) is 11.9. The summed E-state index contributed by atoms with van der Waals surface area (Å²) in [5.41, 5.74) is 5.22. The van der Waals surface area contributed by atoms with Crippen LogP contribution in [-0.4, -0.2) is 59.5 Å². The lowest BCUT2D eigenvalue weighted by Gasteiger charge is -2.30. The SMILES string of the molecule is C#Cc1ccc(C(C(=O)NCCC(=O)OCC)N(C#C)C(=O)C(CCC(N)=O)NC(=O)OC(C)(C)C)cc1. The number of carbonyl (C=O) groups is 5. The number of carbonyl (C=O) groups excluding carboxylic acids is 5. The van der Waals surface area contributed by atoms with Gasteiger partial charge in [-0.1, -0.05) is 24.5 Å². The summed E-state index contributed by atoms with van der Waals surface area (Å²) in [5.74, 6) is -0.317. The Kier molecular flexibility index (Phi) is 12.4. The van der Waals surface area contributed by atoms with Crippen LogP contribution in [0.3, 0.4) is 0 Å². The molecule has 0 heterocycles. The van der Waals surface area contributed by atoms with Gasteiger partial charge in [0.05, 0.1) is 13.0 Å². The van der Waals surface area contributed by atoms with Crippen LogP contribution in [0.4, 0.5) is 4.79 Å². The minimum atomic E-state index is -1.36. The smallest absolute Gasteiger partial charge is 0.408 e. The van der Waals surface area contributed by atoms with Crippen molar-refractivity contribution in [2.24, 2.45) is 5.73 Å². The van der Waals surface area contributed by atoms with Gasteiger partial charge in [0, 0.05) is 24.6 Å². The van der Waals surface area contributed by atoms with E-state index in [4.69, 9.17) is 28.1 Å². The lowest BCUT2D eigenvalue weighted by Crippen LogP contribution is -2.51. The Hall–Kier alpha value is -4.51. The van der Waals surface area contributed by atoms with Gasteiger partial charge in [0.2, 0.25) is 11.8 Å². The second-order valence-corrected chi connectivity index (χ2v) is 9.06. The van der Waals surface area contributed by atoms with Crippen LogP contribution in [0.5, 0.6) is 0 Å². The highest BCUT2D eigenvalue weighted by Gasteiger charge is 2.36. The molecule has 1 aromatic carbocycles. The van der Waals surface area contributed by atoms with Crippen molar-refractivity contribution in [3.63, 3.8) is 0 Å². The predicted octanol–water partition coefficient (Wildman–Crippen LogP) is 1.36. The molecule has 38 heavy (non-hydrogen) atoms. The molecule has 0 fully saturated rings. The van der Waals surface area contributed by atoms with Crippen LogP contribution in [-0.2, 0) is 28.7 Å². The van der Waals surface area contributed by atoms with Crippen molar-refractivity contribution in [2.75, 3.05) is 13.2 Å². The molecule has 4 amide bonds. The molecule has 1 aromatic rings. The molecule has 0 spiro atoms. The van der Waals surface area contributed by atoms with Gasteiger partial charge in [0.25, 0.3) is 5.91 Å². The molecule has 0 aromatic heterocycles. The van der Waals surface area contributed by atoms with E-state index in [1.54, 1.807) is 39.8 Å². The van der Waals surface area contributed by atoms with Crippen molar-refractivity contribution in [3.05, 3.63) is 35.4 Å². The van der Waals surface area contributed by atoms with E-state index in [0.717, 1.165) is 4.90 Å². The molecule has 2 atom stereocenters. The number of primary amides is 1. The Balaban J connectivity index is 3.34. The third-order valence-corrected chi connectivity index (χ3v) is 4.88. The molecule has 0 aliphatic rings. The predicted molar refractivity (Wildman–Crippen MR) is 139 cm³/mol. The van der Waals surface area contributed by atoms with Crippen molar-refractivity contribution in [3.8, 4) is 24.8 Å². The maximum Gasteiger partial charge on any atom is 0.408 e. The summed E-state index contributed by atoms with van der Waals surface area (Å²) >= 11 is 0. The Labute approximate surface area is 222 Å². The van der Waals surface area contributed by atoms with Crippen molar-refractivity contribution in [2.45, 2.75) is 64.6 Å². The van der Waals surface area contributed by atoms with Gasteiger partial charge in [-0.05, 0) is 51.8 Å². The van der Waals surface area contributed by atoms with Gasteiger partial charge in [-0.25, -0.2) is 4.79 Å². The first kappa shape index (κ1) is 31.5. The van der Waals surface area contributed by atoms with Crippen LogP contribution in [0.2, 0.25) is 0 Å². The van der Waals surface area contributed by atoms with E-state index < -0.39 is 47.5 Å². The normalized spacial score (nSPS) is 12.1. The van der Waals surface area contributed by atoms with Gasteiger partial charge >= 0.3 is 12.1 Å². The number of nitrogens with one attached hydrogen (secondary N) is 2. The average molecular weight is 527 g/mol. The molecule has 0 aliphatic heterocycles. The number of alkyl carbamates (subject to hydrolysis) is 1. The zero-order valence-electron chi connectivity index (χ0n) is 22.0. The Morgan fingerprint density at radius 3 is 2.21 bits per heavy atom. The summed E-state index contributed by atoms with van der Waals surface area (Å²) in [6.07, 6.45) is 9.62. The van der Waals surface area contributed by atoms with Gasteiger partial charge in [0.1, 0.15) is 17.7 Å². The third-order valence-electron chi connectivity index (χ3n) is 4.88. The van der Waals surface area contributed by atoms with E-state index in [1.165, 1.54) is 12.1 Å². The van der Waals surface area contributed by atoms with Crippen LogP contribution in [0.1, 0.15) is 64.1 Å². The number of hydrogen-bond donors (Lipinski definition) is 3. The number of benzene rings is 1. The molecule has 2 unspecified atom stereocenters. The van der Waals surface area contributed by atoms with Gasteiger partial charge in [-0.2, -0.15) is 0 Å². The van der Waals surface area contributed by atoms with Crippen LogP contribution in [0.25, 0.3) is 0 Å². The first-order valence-corrected chi connectivity index (χ1v) is 11.9. The summed E-state index contributed by atoms with van der Waals surface area (Å²) in [6, 6.07) is 5.69. The van der Waals surface area contributed by atoms with E-state index in [2.05, 4.69) is 22.6 Å². The number of nitrogens with two attached hydrogens (primary N) is 1. The number of esters is 1. The molecule has 1 rings (SSSR count). The second-order valence-electron chi connectivity index (χ2n) is 9.06. The molecular weight excluding hydrogens is 492 g/mol. The van der Waals surface area contributed by atoms with E-state index in [1.807, 2.05) is 0 Å². The number of ether oxygens (including phenoxy) is 2. The largest absolute Gasteiger partial charge is 0.466 e. The highest BCUT2D eigenvalue weighted by atomic mass is 16.6. The van der Waals surface area contributed by atoms with Crippen LogP contribution in [0.15, 0.2) is 24.3 Å². The fraction of sp³-hybridized carbons (Fsp3) is 0.444. The minimum Gasteiger partial charge on any atom is -0.466 e. The van der Waals surface area contributed by atoms with Gasteiger partial charge in [-0.3, -0.25) is 24.1 Å². The Morgan fingerprint density at radius 2 is 1.71 bits per heavy atom. The zero-order chi connectivity index (χ0) is 28.9. The number of nitrogens with zero attached hydrogens (tertiary/aromatic N) is 1. The molecule has 204 valence electrons. The van der Waals surface area contributed by atoms with Crippen molar-refractivity contribution in [1.82, 2.24) is 15.5 Å². The quantitative estimate of drug-likeness (QED) is 0.211. The average Bonchev–Trinajstić information content (AvgIpc) is 2.83. The van der Waals surface area contributed by atoms with Crippen molar-refractivity contribution >= 4 is 29.8 Å². The maximum atomic E-state index is 13.6. The molecule has 4 N–H and O–H groups in total. The third kappa shape index (κ3) is 10.6. The highest BCUT2D eigenvalue weighted by Crippen LogP contribution is 2.23. The number of terminal acetylenes is 2. The van der Waals surface area contributed by atoms with Crippen LogP contribution < -0.4 is 16.4 Å². The lowest BCUT2D eigenvalue weighted by molar-refractivity contribution is -0.143. The molecule has 11 heteroatoms. The first-order chi connectivity index (χ1) is 17.8. The van der Waals surface area contributed by atoms with E-state index in [0.29, 0.717) is 11.1 Å². The van der Waals surface area contributed by atoms with Crippen LogP contribution >= 0.6 is 0 Å². The molecule has 0 saturated heterocycles. The van der Waals surface area contributed by atoms with Gasteiger partial charge < -0.3 is 25.8 Å². The topological polar surface area (TPSA) is 157 Å². The van der Waals surface area contributed by atoms with E-state index >= 15 is 0 Å². The fourth-order valence-electron chi connectivity index (χ4n) is 3.22. The van der Waals surface area contributed by atoms with Gasteiger partial charge in [-0.15, -0.1) is 6.42 Å². The molecular formula is C27H34N4O7. The molecule has 0 saturated carbocycles. The molecule has 0 bridgehead atoms. The summed E-state index contributed by atoms with van der Waals surface area (Å²) in [6.45, 7) is 6.67. The lowest BCUT2D eigenvalue weighted by atomic mass is 10.0. The van der Waals surface area contributed by atoms with Gasteiger partial charge in [0.15, 0.2) is 0 Å². The summed E-state index contributed by atoms with van der Waals surface area (Å²) in [5, 5.41) is 4.98. The summed E-state index contributed by atoms with van der Waals surface area (Å²) < 4.78 is 10.1. The summed E-state index contributed by atoms with van der Waals surface area (Å²) in [4.78, 5) is 63.1. The zero-order valence-corrected chi connectivity index (χ0v) is 22.0. The number of hydrogen-bond acceptors (Lipinski definition) is 7. The van der Waals surface area contributed by atoms with Crippen molar-refractivity contribution < 1.29 is 33.4 Å². The standard InChI is InChI=1S/C27H34N4O7/c1-7-18-10-12-19(13-11-18)23(24(34)29-17-16-22(33)37-9-3)31(8-2)25(35)20(14-15-21(28)32)30-26(36)38-27(4,5)6/h1-2,10-13,20,23H,9,14-17H2,3-6H3,(H2,28,32)(H,29,34)(H,30,36). The second kappa shape index (κ2) is 14.9. The fourth-order valence-corrected chi connectivity index (χ4v) is 3.22. The van der Waals surface area contributed by atoms with Crippen LogP contribution in [0, 0.1) is 24.8 Å². The molecule has 0 aliphatic carbocycles. The summed E-state index contributed by atoms with van der Waals surface area (Å²) in [7, 11) is 0. The Bertz CT molecular complexity index is 1090. The van der Waals surface area contributed by atoms with E-state index in [-0.39, 0.29) is 32.4 Å². The number of amides is 4. The molecule has 11 nitrogen and oxygen atoms in total. The minimum absolute atomic E-state index is 0.0789. The van der Waals surface area contributed by atoms with E-state index in [9.17, 15) is 24.0 Å². The number of rotatable bonds is 12. The monoisotopic (exact) mass is 526 g/mol. The Morgan fingerprint density at radius 1 is 1.08 bits per heavy atom. The van der Waals surface area contributed by atoms with Crippen molar-refractivity contribution in [1.29, 1.82) is 0 Å². The highest BCUT2D eigenvalue weighted by molar-refractivity contribution is 5.93.